The molecule has 2 fully saturated rings. The first-order chi connectivity index (χ1) is 12.2. The Morgan fingerprint density at radius 3 is 2.88 bits per heavy atom. The molecule has 2 aliphatic rings. The Balaban J connectivity index is 1.54. The van der Waals surface area contributed by atoms with E-state index in [1.54, 1.807) is 10.9 Å². The van der Waals surface area contributed by atoms with Crippen molar-refractivity contribution in [2.45, 2.75) is 51.7 Å². The van der Waals surface area contributed by atoms with Gasteiger partial charge in [0.1, 0.15) is 11.5 Å². The van der Waals surface area contributed by atoms with Gasteiger partial charge in [-0.25, -0.2) is 9.07 Å². The van der Waals surface area contributed by atoms with Gasteiger partial charge in [-0.15, -0.1) is 5.10 Å². The molecule has 0 bridgehead atoms. The summed E-state index contributed by atoms with van der Waals surface area (Å²) < 4.78 is 22.1. The highest BCUT2D eigenvalue weighted by Crippen LogP contribution is 2.29. The first kappa shape index (κ1) is 16.3. The standard InChI is InChI=1S/C20H22FN3O/c1-14-10-16(8-7-15-5-6-15)11-18(21)20(14)19-13-24(23-22-19)12-17-4-2-3-9-25-17/h10-11,13,15,17H,2-6,9,12H2,1H3. The highest BCUT2D eigenvalue weighted by molar-refractivity contribution is 5.65. The molecule has 1 saturated carbocycles. The lowest BCUT2D eigenvalue weighted by atomic mass is 10.0. The first-order valence-electron chi connectivity index (χ1n) is 9.03. The molecule has 0 N–H and O–H groups in total. The molecule has 130 valence electrons. The summed E-state index contributed by atoms with van der Waals surface area (Å²) in [6, 6.07) is 3.43. The average molecular weight is 339 g/mol. The van der Waals surface area contributed by atoms with Crippen molar-refractivity contribution >= 4 is 0 Å². The number of benzene rings is 1. The van der Waals surface area contributed by atoms with Crippen LogP contribution in [0.5, 0.6) is 0 Å². The Bertz CT molecular complexity index is 800. The number of halogens is 1. The quantitative estimate of drug-likeness (QED) is 0.800. The molecule has 1 aromatic carbocycles. The van der Waals surface area contributed by atoms with Gasteiger partial charge in [-0.1, -0.05) is 17.1 Å². The second-order valence-corrected chi connectivity index (χ2v) is 7.01. The van der Waals surface area contributed by atoms with E-state index in [1.807, 2.05) is 13.0 Å². The van der Waals surface area contributed by atoms with Crippen LogP contribution in [0.2, 0.25) is 0 Å². The van der Waals surface area contributed by atoms with E-state index in [9.17, 15) is 4.39 Å². The molecule has 25 heavy (non-hydrogen) atoms. The van der Waals surface area contributed by atoms with Crippen LogP contribution in [0.1, 0.15) is 43.2 Å². The maximum Gasteiger partial charge on any atom is 0.134 e. The minimum atomic E-state index is -0.291. The Hall–Kier alpha value is -2.19. The molecule has 0 amide bonds. The van der Waals surface area contributed by atoms with Crippen LogP contribution in [0.25, 0.3) is 11.3 Å². The zero-order chi connectivity index (χ0) is 17.2. The SMILES string of the molecule is Cc1cc(C#CC2CC2)cc(F)c1-c1cn(CC2CCCCO2)nn1. The van der Waals surface area contributed by atoms with Gasteiger partial charge in [0.25, 0.3) is 0 Å². The van der Waals surface area contributed by atoms with Gasteiger partial charge in [0.15, 0.2) is 0 Å². The summed E-state index contributed by atoms with van der Waals surface area (Å²) in [6.45, 7) is 3.37. The molecule has 1 aromatic heterocycles. The van der Waals surface area contributed by atoms with Crippen LogP contribution in [0.4, 0.5) is 4.39 Å². The van der Waals surface area contributed by atoms with E-state index in [2.05, 4.69) is 22.2 Å². The Morgan fingerprint density at radius 1 is 1.28 bits per heavy atom. The number of rotatable bonds is 3. The van der Waals surface area contributed by atoms with E-state index < -0.39 is 0 Å². The summed E-state index contributed by atoms with van der Waals surface area (Å²) >= 11 is 0. The molecule has 0 spiro atoms. The third-order valence-electron chi connectivity index (χ3n) is 4.74. The zero-order valence-corrected chi connectivity index (χ0v) is 14.5. The molecular formula is C20H22FN3O. The fourth-order valence-electron chi connectivity index (χ4n) is 3.22. The molecule has 2 heterocycles. The molecule has 1 aliphatic carbocycles. The molecule has 0 radical (unpaired) electrons. The van der Waals surface area contributed by atoms with Gasteiger partial charge in [0.05, 0.1) is 18.8 Å². The summed E-state index contributed by atoms with van der Waals surface area (Å²) in [6.07, 6.45) is 7.66. The number of ether oxygens (including phenoxy) is 1. The fraction of sp³-hybridized carbons (Fsp3) is 0.500. The predicted octanol–water partition coefficient (Wildman–Crippen LogP) is 3.72. The van der Waals surface area contributed by atoms with Crippen molar-refractivity contribution in [3.05, 3.63) is 35.3 Å². The maximum absolute atomic E-state index is 14.6. The van der Waals surface area contributed by atoms with Gasteiger partial charge >= 0.3 is 0 Å². The van der Waals surface area contributed by atoms with Crippen LogP contribution in [-0.2, 0) is 11.3 Å². The highest BCUT2D eigenvalue weighted by atomic mass is 19.1. The Kier molecular flexibility index (Phi) is 4.54. The number of aromatic nitrogens is 3. The summed E-state index contributed by atoms with van der Waals surface area (Å²) in [5.74, 6) is 6.47. The van der Waals surface area contributed by atoms with E-state index in [-0.39, 0.29) is 11.9 Å². The normalized spacial score (nSPS) is 20.2. The summed E-state index contributed by atoms with van der Waals surface area (Å²) in [5.41, 5.74) is 2.63. The van der Waals surface area contributed by atoms with Crippen LogP contribution in [0.3, 0.4) is 0 Å². The lowest BCUT2D eigenvalue weighted by Gasteiger charge is -2.21. The van der Waals surface area contributed by atoms with E-state index >= 15 is 0 Å². The summed E-state index contributed by atoms with van der Waals surface area (Å²) in [4.78, 5) is 0. The lowest BCUT2D eigenvalue weighted by molar-refractivity contribution is 0.00370. The predicted molar refractivity (Wildman–Crippen MR) is 93.3 cm³/mol. The van der Waals surface area contributed by atoms with Crippen molar-refractivity contribution in [3.8, 4) is 23.1 Å². The van der Waals surface area contributed by atoms with Crippen molar-refractivity contribution in [2.24, 2.45) is 5.92 Å². The fourth-order valence-corrected chi connectivity index (χ4v) is 3.22. The van der Waals surface area contributed by atoms with E-state index in [0.717, 1.165) is 30.6 Å². The van der Waals surface area contributed by atoms with E-state index in [1.165, 1.54) is 25.3 Å². The number of hydrogen-bond donors (Lipinski definition) is 0. The van der Waals surface area contributed by atoms with Crippen molar-refractivity contribution in [1.82, 2.24) is 15.0 Å². The molecule has 1 unspecified atom stereocenters. The van der Waals surface area contributed by atoms with Gasteiger partial charge in [0.2, 0.25) is 0 Å². The van der Waals surface area contributed by atoms with Crippen LogP contribution < -0.4 is 0 Å². The molecule has 1 atom stereocenters. The van der Waals surface area contributed by atoms with Crippen molar-refractivity contribution in [2.75, 3.05) is 6.61 Å². The molecule has 1 saturated heterocycles. The van der Waals surface area contributed by atoms with E-state index in [0.29, 0.717) is 23.7 Å². The smallest absolute Gasteiger partial charge is 0.134 e. The largest absolute Gasteiger partial charge is 0.376 e. The topological polar surface area (TPSA) is 39.9 Å². The van der Waals surface area contributed by atoms with Crippen molar-refractivity contribution in [3.63, 3.8) is 0 Å². The van der Waals surface area contributed by atoms with E-state index in [4.69, 9.17) is 4.74 Å². The van der Waals surface area contributed by atoms with Gasteiger partial charge < -0.3 is 4.74 Å². The number of aryl methyl sites for hydroxylation is 1. The van der Waals surface area contributed by atoms with Crippen LogP contribution in [0, 0.1) is 30.5 Å². The van der Waals surface area contributed by atoms with Crippen LogP contribution in [-0.4, -0.2) is 27.7 Å². The second-order valence-electron chi connectivity index (χ2n) is 7.01. The van der Waals surface area contributed by atoms with Crippen LogP contribution >= 0.6 is 0 Å². The minimum absolute atomic E-state index is 0.175. The molecule has 2 aromatic rings. The Morgan fingerprint density at radius 2 is 2.16 bits per heavy atom. The van der Waals surface area contributed by atoms with Gasteiger partial charge in [-0.3, -0.25) is 0 Å². The molecule has 4 nitrogen and oxygen atoms in total. The van der Waals surface area contributed by atoms with Gasteiger partial charge in [0, 0.05) is 23.7 Å². The average Bonchev–Trinajstić information content (AvgIpc) is 3.33. The zero-order valence-electron chi connectivity index (χ0n) is 14.5. The molecule has 4 rings (SSSR count). The van der Waals surface area contributed by atoms with Crippen molar-refractivity contribution in [1.29, 1.82) is 0 Å². The molecular weight excluding hydrogens is 317 g/mol. The summed E-state index contributed by atoms with van der Waals surface area (Å²) in [5, 5.41) is 8.32. The highest BCUT2D eigenvalue weighted by Gasteiger charge is 2.19. The summed E-state index contributed by atoms with van der Waals surface area (Å²) in [7, 11) is 0. The van der Waals surface area contributed by atoms with Gasteiger partial charge in [-0.05, 0) is 56.7 Å². The van der Waals surface area contributed by atoms with Crippen molar-refractivity contribution < 1.29 is 9.13 Å². The minimum Gasteiger partial charge on any atom is -0.376 e. The number of hydrogen-bond acceptors (Lipinski definition) is 3. The number of nitrogens with zero attached hydrogens (tertiary/aromatic N) is 3. The third kappa shape index (κ3) is 3.91. The third-order valence-corrected chi connectivity index (χ3v) is 4.74. The van der Waals surface area contributed by atoms with Crippen LogP contribution in [0.15, 0.2) is 18.3 Å². The Labute approximate surface area is 147 Å². The first-order valence-corrected chi connectivity index (χ1v) is 9.03. The molecule has 1 aliphatic heterocycles. The van der Waals surface area contributed by atoms with Gasteiger partial charge in [-0.2, -0.15) is 0 Å². The lowest BCUT2D eigenvalue weighted by Crippen LogP contribution is -2.24. The molecule has 5 heteroatoms. The maximum atomic E-state index is 14.6. The second kappa shape index (κ2) is 6.97. The monoisotopic (exact) mass is 339 g/mol.